The molecular weight excluding hydrogens is 511 g/mol. The number of benzene rings is 2. The van der Waals surface area contributed by atoms with Gasteiger partial charge in [-0.15, -0.1) is 0 Å². The van der Waals surface area contributed by atoms with Gasteiger partial charge in [0.15, 0.2) is 0 Å². The van der Waals surface area contributed by atoms with Gasteiger partial charge in [0, 0.05) is 37.2 Å². The Balaban J connectivity index is 1.21. The first-order chi connectivity index (χ1) is 17.9. The van der Waals surface area contributed by atoms with Crippen molar-refractivity contribution in [3.63, 3.8) is 0 Å². The van der Waals surface area contributed by atoms with Gasteiger partial charge in [0.25, 0.3) is 0 Å². The van der Waals surface area contributed by atoms with E-state index in [-0.39, 0.29) is 5.56 Å². The first kappa shape index (κ1) is 24.1. The highest BCUT2D eigenvalue weighted by Crippen LogP contribution is 2.46. The highest BCUT2D eigenvalue weighted by atomic mass is 35.5. The lowest BCUT2D eigenvalue weighted by atomic mass is 9.94. The molecule has 6 rings (SSSR count). The van der Waals surface area contributed by atoms with E-state index in [0.29, 0.717) is 38.7 Å². The number of fused-ring (bicyclic) bond motifs is 1. The average Bonchev–Trinajstić information content (AvgIpc) is 3.57. The summed E-state index contributed by atoms with van der Waals surface area (Å²) < 4.78 is 7.83. The Hall–Kier alpha value is -3.29. The van der Waals surface area contributed by atoms with E-state index in [1.807, 2.05) is 35.9 Å². The minimum Gasteiger partial charge on any atom is -0.478 e. The van der Waals surface area contributed by atoms with Crippen molar-refractivity contribution in [3.05, 3.63) is 69.4 Å². The lowest BCUT2D eigenvalue weighted by Crippen LogP contribution is -2.34. The fourth-order valence-corrected chi connectivity index (χ4v) is 5.72. The number of piperidine rings is 1. The number of allylic oxidation sites excluding steroid dienone is 1. The highest BCUT2D eigenvalue weighted by molar-refractivity contribution is 6.39. The van der Waals surface area contributed by atoms with Crippen LogP contribution >= 0.6 is 23.2 Å². The zero-order valence-corrected chi connectivity index (χ0v) is 21.8. The Morgan fingerprint density at radius 2 is 1.84 bits per heavy atom. The first-order valence-electron chi connectivity index (χ1n) is 12.5. The van der Waals surface area contributed by atoms with Gasteiger partial charge in [0.05, 0.1) is 26.6 Å². The smallest absolute Gasteiger partial charge is 0.335 e. The number of aryl methyl sites for hydroxylation is 1. The zero-order chi connectivity index (χ0) is 25.7. The molecule has 1 N–H and O–H groups in total. The van der Waals surface area contributed by atoms with E-state index in [9.17, 15) is 9.90 Å². The number of carboxylic acids is 1. The summed E-state index contributed by atoms with van der Waals surface area (Å²) in [5, 5.41) is 14.8. The van der Waals surface area contributed by atoms with Crippen LogP contribution < -0.4 is 4.90 Å². The third-order valence-electron chi connectivity index (χ3n) is 7.37. The van der Waals surface area contributed by atoms with E-state index >= 15 is 0 Å². The van der Waals surface area contributed by atoms with Crippen LogP contribution in [0.4, 0.5) is 5.95 Å². The van der Waals surface area contributed by atoms with Crippen molar-refractivity contribution in [3.8, 4) is 11.3 Å². The van der Waals surface area contributed by atoms with Crippen molar-refractivity contribution >= 4 is 52.2 Å². The molecule has 0 unspecified atom stereocenters. The van der Waals surface area contributed by atoms with Gasteiger partial charge in [0.1, 0.15) is 11.5 Å². The van der Waals surface area contributed by atoms with E-state index in [4.69, 9.17) is 32.7 Å². The number of rotatable bonds is 6. The van der Waals surface area contributed by atoms with Crippen LogP contribution in [0.25, 0.3) is 28.4 Å². The predicted molar refractivity (Wildman–Crippen MR) is 146 cm³/mol. The zero-order valence-electron chi connectivity index (χ0n) is 20.3. The molecule has 37 heavy (non-hydrogen) atoms. The lowest BCUT2D eigenvalue weighted by Gasteiger charge is -2.31. The van der Waals surface area contributed by atoms with Crippen molar-refractivity contribution < 1.29 is 14.4 Å². The summed E-state index contributed by atoms with van der Waals surface area (Å²) in [6, 6.07) is 10.6. The van der Waals surface area contributed by atoms with Crippen molar-refractivity contribution in [2.75, 3.05) is 18.0 Å². The van der Waals surface area contributed by atoms with Crippen molar-refractivity contribution in [2.24, 2.45) is 13.0 Å². The van der Waals surface area contributed by atoms with Crippen LogP contribution in [0.3, 0.4) is 0 Å². The van der Waals surface area contributed by atoms with Crippen LogP contribution in [-0.2, 0) is 7.05 Å². The molecule has 3 heterocycles. The first-order valence-corrected chi connectivity index (χ1v) is 13.2. The van der Waals surface area contributed by atoms with Gasteiger partial charge >= 0.3 is 5.97 Å². The second kappa shape index (κ2) is 9.54. The molecule has 4 aromatic rings. The molecule has 2 fully saturated rings. The molecule has 0 spiro atoms. The van der Waals surface area contributed by atoms with Crippen molar-refractivity contribution in [1.82, 2.24) is 14.7 Å². The third kappa shape index (κ3) is 4.51. The largest absolute Gasteiger partial charge is 0.478 e. The fourth-order valence-electron chi connectivity index (χ4n) is 5.14. The third-order valence-corrected chi connectivity index (χ3v) is 8.00. The highest BCUT2D eigenvalue weighted by Gasteiger charge is 2.33. The minimum absolute atomic E-state index is 0.248. The number of nitrogens with zero attached hydrogens (tertiary/aromatic N) is 4. The Morgan fingerprint density at radius 3 is 2.51 bits per heavy atom. The molecule has 0 radical (unpaired) electrons. The number of hydrogen-bond acceptors (Lipinski definition) is 5. The van der Waals surface area contributed by atoms with E-state index in [2.05, 4.69) is 22.2 Å². The van der Waals surface area contributed by atoms with Gasteiger partial charge in [-0.05, 0) is 61.9 Å². The number of imidazole rings is 1. The van der Waals surface area contributed by atoms with Crippen molar-refractivity contribution in [2.45, 2.75) is 31.6 Å². The van der Waals surface area contributed by atoms with E-state index < -0.39 is 5.97 Å². The van der Waals surface area contributed by atoms with Crippen LogP contribution in [0.1, 0.15) is 53.3 Å². The molecule has 2 aliphatic rings. The molecule has 1 saturated heterocycles. The molecule has 0 amide bonds. The summed E-state index contributed by atoms with van der Waals surface area (Å²) in [5.74, 6) is 1.65. The topological polar surface area (TPSA) is 84.4 Å². The number of carboxylic acid groups (broad SMARTS) is 1. The second-order valence-electron chi connectivity index (χ2n) is 9.84. The molecule has 190 valence electrons. The Kier molecular flexibility index (Phi) is 6.21. The molecule has 1 saturated carbocycles. The van der Waals surface area contributed by atoms with E-state index in [1.165, 1.54) is 0 Å². The quantitative estimate of drug-likeness (QED) is 0.284. The summed E-state index contributed by atoms with van der Waals surface area (Å²) >= 11 is 13.0. The van der Waals surface area contributed by atoms with Gasteiger partial charge in [-0.1, -0.05) is 46.6 Å². The lowest BCUT2D eigenvalue weighted by molar-refractivity contribution is 0.0697. The number of anilines is 1. The molecule has 7 nitrogen and oxygen atoms in total. The Morgan fingerprint density at radius 1 is 1.11 bits per heavy atom. The van der Waals surface area contributed by atoms with Crippen LogP contribution in [0, 0.1) is 5.92 Å². The summed E-state index contributed by atoms with van der Waals surface area (Å²) in [4.78, 5) is 18.4. The van der Waals surface area contributed by atoms with Crippen molar-refractivity contribution in [1.29, 1.82) is 0 Å². The van der Waals surface area contributed by atoms with Crippen LogP contribution in [0.15, 0.2) is 47.0 Å². The normalized spacial score (nSPS) is 16.8. The summed E-state index contributed by atoms with van der Waals surface area (Å²) in [7, 11) is 1.98. The molecule has 9 heteroatoms. The Labute approximate surface area is 224 Å². The maximum absolute atomic E-state index is 11.3. The summed E-state index contributed by atoms with van der Waals surface area (Å²) in [6.45, 7) is 1.72. The number of aromatic carboxylic acids is 1. The minimum atomic E-state index is -0.945. The molecule has 0 bridgehead atoms. The monoisotopic (exact) mass is 536 g/mol. The fraction of sp³-hybridized carbons (Fsp3) is 0.321. The number of halogens is 2. The molecule has 2 aromatic carbocycles. The number of hydrogen-bond donors (Lipinski definition) is 1. The molecular formula is C28H26Cl2N4O3. The number of aromatic nitrogens is 3. The van der Waals surface area contributed by atoms with E-state index in [0.717, 1.165) is 61.6 Å². The van der Waals surface area contributed by atoms with Gasteiger partial charge in [-0.2, -0.15) is 0 Å². The van der Waals surface area contributed by atoms with Gasteiger partial charge in [-0.3, -0.25) is 0 Å². The van der Waals surface area contributed by atoms with Crippen LogP contribution in [0.5, 0.6) is 0 Å². The average molecular weight is 537 g/mol. The maximum atomic E-state index is 11.3. The SMILES string of the molecule is Cn1c(N2CCC(/C=C/c3c(-c4c(Cl)cccc4Cl)noc3C3CC3)CC2)nc2cc(C(=O)O)ccc21. The Bertz CT molecular complexity index is 1510. The van der Waals surface area contributed by atoms with Gasteiger partial charge in [0.2, 0.25) is 5.95 Å². The summed E-state index contributed by atoms with van der Waals surface area (Å²) in [6.07, 6.45) is 8.57. The van der Waals surface area contributed by atoms with Gasteiger partial charge < -0.3 is 19.1 Å². The van der Waals surface area contributed by atoms with Crippen LogP contribution in [-0.4, -0.2) is 38.9 Å². The predicted octanol–water partition coefficient (Wildman–Crippen LogP) is 7.04. The molecule has 1 aliphatic heterocycles. The van der Waals surface area contributed by atoms with Gasteiger partial charge in [-0.25, -0.2) is 9.78 Å². The molecule has 0 atom stereocenters. The maximum Gasteiger partial charge on any atom is 0.335 e. The molecule has 2 aromatic heterocycles. The summed E-state index contributed by atoms with van der Waals surface area (Å²) in [5.41, 5.74) is 4.26. The van der Waals surface area contributed by atoms with E-state index in [1.54, 1.807) is 12.1 Å². The van der Waals surface area contributed by atoms with Crippen LogP contribution in [0.2, 0.25) is 10.0 Å². The molecule has 1 aliphatic carbocycles. The standard InChI is InChI=1S/C28H26Cl2N4O3/c1-33-23-10-8-18(27(35)36)15-22(23)31-28(33)34-13-11-16(12-14-34)5-9-19-25(32-37-26(19)17-6-7-17)24-20(29)3-2-4-21(24)30/h2-5,8-10,15-17H,6-7,11-14H2,1H3,(H,35,36)/b9-5+. The second-order valence-corrected chi connectivity index (χ2v) is 10.7. The number of carbonyl (C=O) groups is 1.